The van der Waals surface area contributed by atoms with Gasteiger partial charge in [0, 0.05) is 16.5 Å². The zero-order chi connectivity index (χ0) is 21.4. The average molecular weight is 451 g/mol. The van der Waals surface area contributed by atoms with Crippen molar-refractivity contribution in [1.29, 1.82) is 0 Å². The van der Waals surface area contributed by atoms with Crippen LogP contribution < -0.4 is 21.3 Å². The van der Waals surface area contributed by atoms with Gasteiger partial charge in [0.15, 0.2) is 5.70 Å². The summed E-state index contributed by atoms with van der Waals surface area (Å²) >= 11 is 12.2. The molecule has 1 saturated heterocycles. The van der Waals surface area contributed by atoms with Crippen LogP contribution in [0.1, 0.15) is 18.0 Å². The number of nitrogens with one attached hydrogen (secondary N) is 1. The Morgan fingerprint density at radius 1 is 0.935 bits per heavy atom. The van der Waals surface area contributed by atoms with Gasteiger partial charge < -0.3 is 4.84 Å². The lowest BCUT2D eigenvalue weighted by Gasteiger charge is -2.18. The minimum absolute atomic E-state index is 0.269. The van der Waals surface area contributed by atoms with E-state index >= 15 is 0 Å². The first-order valence-corrected chi connectivity index (χ1v) is 10.4. The third-order valence-corrected chi connectivity index (χ3v) is 5.54. The molecular weight excluding hydrogens is 435 g/mol. The Labute approximate surface area is 188 Å². The molecule has 3 aromatic rings. The van der Waals surface area contributed by atoms with E-state index in [0.717, 1.165) is 10.9 Å². The van der Waals surface area contributed by atoms with Gasteiger partial charge in [-0.3, -0.25) is 4.99 Å². The molecule has 2 aliphatic heterocycles. The van der Waals surface area contributed by atoms with Crippen molar-refractivity contribution in [3.05, 3.63) is 111 Å². The van der Waals surface area contributed by atoms with Gasteiger partial charge in [0.25, 0.3) is 0 Å². The van der Waals surface area contributed by atoms with Gasteiger partial charge in [-0.05, 0) is 54.1 Å². The second kappa shape index (κ2) is 8.15. The average Bonchev–Trinajstić information content (AvgIpc) is 3.04. The van der Waals surface area contributed by atoms with Crippen LogP contribution in [0.15, 0.2) is 94.2 Å². The van der Waals surface area contributed by atoms with Gasteiger partial charge >= 0.3 is 5.97 Å². The Hall–Kier alpha value is -3.19. The van der Waals surface area contributed by atoms with Gasteiger partial charge in [-0.15, -0.1) is 0 Å². The lowest BCUT2D eigenvalue weighted by atomic mass is 10.0. The number of carbonyl (C=O) groups excluding carboxylic acids is 1. The number of benzene rings is 3. The van der Waals surface area contributed by atoms with Crippen LogP contribution in [0.5, 0.6) is 0 Å². The van der Waals surface area contributed by atoms with Crippen molar-refractivity contribution in [2.45, 2.75) is 12.5 Å². The fourth-order valence-corrected chi connectivity index (χ4v) is 3.93. The Balaban J connectivity index is 1.70. The second-order valence-electron chi connectivity index (χ2n) is 7.09. The predicted octanol–water partition coefficient (Wildman–Crippen LogP) is 4.07. The van der Waals surface area contributed by atoms with Gasteiger partial charge in [-0.1, -0.05) is 53.1 Å². The number of nitrogens with zero attached hydrogens (tertiary/aromatic N) is 3. The maximum atomic E-state index is 12.7. The van der Waals surface area contributed by atoms with Crippen LogP contribution in [-0.4, -0.2) is 5.97 Å². The molecule has 0 amide bonds. The molecule has 5 rings (SSSR count). The van der Waals surface area contributed by atoms with Crippen LogP contribution in [0.25, 0.3) is 0 Å². The molecule has 3 aromatic carbocycles. The van der Waals surface area contributed by atoms with Crippen molar-refractivity contribution in [1.82, 2.24) is 5.59 Å². The second-order valence-corrected chi connectivity index (χ2v) is 7.97. The fraction of sp³-hybridized carbons (Fsp3) is 0.0870. The van der Waals surface area contributed by atoms with Crippen LogP contribution in [0.2, 0.25) is 10.0 Å². The van der Waals surface area contributed by atoms with E-state index in [1.165, 1.54) is 0 Å². The molecule has 0 saturated carbocycles. The number of hydrogen-bond donors (Lipinski definition) is 1. The van der Waals surface area contributed by atoms with E-state index < -0.39 is 5.97 Å². The molecule has 31 heavy (non-hydrogen) atoms. The molecule has 1 fully saturated rings. The third kappa shape index (κ3) is 3.93. The SMILES string of the molecule is O=C1ONN(c2ccc(Cl)cc2)/C1=C1\CC(c2cccc(Cl)c2)N=c2ccccc2=N1. The molecule has 0 spiro atoms. The zero-order valence-electron chi connectivity index (χ0n) is 16.1. The summed E-state index contributed by atoms with van der Waals surface area (Å²) in [6.07, 6.45) is 0.394. The van der Waals surface area contributed by atoms with Crippen molar-refractivity contribution in [2.24, 2.45) is 9.98 Å². The maximum Gasteiger partial charge on any atom is 0.378 e. The molecule has 0 aliphatic carbocycles. The minimum Gasteiger partial charge on any atom is -0.345 e. The number of carbonyl (C=O) groups is 1. The number of halogens is 2. The van der Waals surface area contributed by atoms with Crippen molar-refractivity contribution >= 4 is 34.9 Å². The molecule has 0 aromatic heterocycles. The van der Waals surface area contributed by atoms with E-state index in [1.807, 2.05) is 48.5 Å². The molecule has 2 aliphatic rings. The third-order valence-electron chi connectivity index (χ3n) is 5.06. The highest BCUT2D eigenvalue weighted by Crippen LogP contribution is 2.33. The highest BCUT2D eigenvalue weighted by Gasteiger charge is 2.34. The first-order valence-electron chi connectivity index (χ1n) is 9.61. The number of fused-ring (bicyclic) bond motifs is 1. The number of hydrazine groups is 1. The summed E-state index contributed by atoms with van der Waals surface area (Å²) in [5, 5.41) is 4.23. The quantitative estimate of drug-likeness (QED) is 0.597. The van der Waals surface area contributed by atoms with E-state index in [2.05, 4.69) is 5.59 Å². The highest BCUT2D eigenvalue weighted by molar-refractivity contribution is 6.30. The molecular formula is C23H16Cl2N4O2. The van der Waals surface area contributed by atoms with E-state index in [9.17, 15) is 4.79 Å². The Morgan fingerprint density at radius 3 is 2.48 bits per heavy atom. The highest BCUT2D eigenvalue weighted by atomic mass is 35.5. The van der Waals surface area contributed by atoms with E-state index in [-0.39, 0.29) is 6.04 Å². The van der Waals surface area contributed by atoms with Crippen LogP contribution >= 0.6 is 23.2 Å². The molecule has 0 radical (unpaired) electrons. The Morgan fingerprint density at radius 2 is 1.71 bits per heavy atom. The standard InChI is InChI=1S/C23H16Cl2N4O2/c24-15-8-10-17(11-9-15)29-22(23(30)31-28-29)21-13-20(14-4-3-5-16(25)12-14)26-18-6-1-2-7-19(18)27-21/h1-12,20,28H,13H2/b22-21+. The Kier molecular flexibility index (Phi) is 5.19. The first kappa shape index (κ1) is 19.8. The number of anilines is 1. The summed E-state index contributed by atoms with van der Waals surface area (Å²) in [6, 6.07) is 22.0. The van der Waals surface area contributed by atoms with Gasteiger partial charge in [0.05, 0.1) is 28.1 Å². The number of rotatable bonds is 2. The largest absolute Gasteiger partial charge is 0.378 e. The molecule has 1 N–H and O–H groups in total. The Bertz CT molecular complexity index is 1320. The molecule has 8 heteroatoms. The van der Waals surface area contributed by atoms with Gasteiger partial charge in [-0.2, -0.15) is 0 Å². The van der Waals surface area contributed by atoms with E-state index in [1.54, 1.807) is 29.3 Å². The monoisotopic (exact) mass is 450 g/mol. The number of hydrogen-bond acceptors (Lipinski definition) is 6. The molecule has 0 bridgehead atoms. The molecule has 1 unspecified atom stereocenters. The fourth-order valence-electron chi connectivity index (χ4n) is 3.60. The summed E-state index contributed by atoms with van der Waals surface area (Å²) in [6.45, 7) is 0. The van der Waals surface area contributed by atoms with Crippen LogP contribution in [0.3, 0.4) is 0 Å². The topological polar surface area (TPSA) is 66.3 Å². The van der Waals surface area contributed by atoms with Crippen LogP contribution in [-0.2, 0) is 9.63 Å². The summed E-state index contributed by atoms with van der Waals surface area (Å²) in [5.41, 5.74) is 5.17. The zero-order valence-corrected chi connectivity index (χ0v) is 17.6. The van der Waals surface area contributed by atoms with Crippen molar-refractivity contribution in [3.63, 3.8) is 0 Å². The summed E-state index contributed by atoms with van der Waals surface area (Å²) in [7, 11) is 0. The summed E-state index contributed by atoms with van der Waals surface area (Å²) < 4.78 is 0. The normalized spacial score (nSPS) is 20.4. The van der Waals surface area contributed by atoms with Crippen molar-refractivity contribution < 1.29 is 9.63 Å². The molecule has 154 valence electrons. The molecule has 2 heterocycles. The molecule has 6 nitrogen and oxygen atoms in total. The smallest absolute Gasteiger partial charge is 0.345 e. The van der Waals surface area contributed by atoms with Crippen molar-refractivity contribution in [2.75, 3.05) is 5.01 Å². The van der Waals surface area contributed by atoms with E-state index in [4.69, 9.17) is 38.0 Å². The van der Waals surface area contributed by atoms with Gasteiger partial charge in [0.1, 0.15) is 0 Å². The maximum absolute atomic E-state index is 12.7. The van der Waals surface area contributed by atoms with E-state index in [0.29, 0.717) is 38.9 Å². The van der Waals surface area contributed by atoms with Gasteiger partial charge in [-0.25, -0.2) is 14.8 Å². The lowest BCUT2D eigenvalue weighted by molar-refractivity contribution is -0.140. The first-order chi connectivity index (χ1) is 15.1. The van der Waals surface area contributed by atoms with Crippen LogP contribution in [0, 0.1) is 0 Å². The van der Waals surface area contributed by atoms with Gasteiger partial charge in [0.2, 0.25) is 0 Å². The van der Waals surface area contributed by atoms with Crippen molar-refractivity contribution in [3.8, 4) is 0 Å². The lowest BCUT2D eigenvalue weighted by Crippen LogP contribution is -2.29. The summed E-state index contributed by atoms with van der Waals surface area (Å²) in [4.78, 5) is 27.6. The number of para-hydroxylation sites is 2. The van der Waals surface area contributed by atoms with Crippen LogP contribution in [0.4, 0.5) is 5.69 Å². The minimum atomic E-state index is -0.516. The molecule has 1 atom stereocenters. The predicted molar refractivity (Wildman–Crippen MR) is 118 cm³/mol. The summed E-state index contributed by atoms with van der Waals surface area (Å²) in [5.74, 6) is -0.516.